The van der Waals surface area contributed by atoms with Crippen molar-refractivity contribution in [1.29, 1.82) is 0 Å². The molecule has 0 aliphatic carbocycles. The van der Waals surface area contributed by atoms with Crippen LogP contribution in [0.1, 0.15) is 24.2 Å². The minimum Gasteiger partial charge on any atom is -0.454 e. The first-order valence-corrected chi connectivity index (χ1v) is 10.1. The highest BCUT2D eigenvalue weighted by Crippen LogP contribution is 2.34. The Morgan fingerprint density at radius 1 is 1.13 bits per heavy atom. The second kappa shape index (κ2) is 7.44. The number of ether oxygens (including phenoxy) is 2. The average molecular weight is 405 g/mol. The van der Waals surface area contributed by atoms with Crippen molar-refractivity contribution in [2.45, 2.75) is 26.7 Å². The van der Waals surface area contributed by atoms with Gasteiger partial charge in [-0.1, -0.05) is 0 Å². The van der Waals surface area contributed by atoms with Crippen LogP contribution in [0, 0.1) is 19.8 Å². The molecule has 0 bridgehead atoms. The van der Waals surface area contributed by atoms with E-state index in [2.05, 4.69) is 25.2 Å². The van der Waals surface area contributed by atoms with E-state index in [1.807, 2.05) is 38.2 Å². The van der Waals surface area contributed by atoms with Crippen LogP contribution in [-0.4, -0.2) is 40.7 Å². The van der Waals surface area contributed by atoms with Crippen LogP contribution in [0.15, 0.2) is 30.5 Å². The molecule has 5 rings (SSSR count). The average Bonchev–Trinajstić information content (AvgIpc) is 3.22. The molecular weight excluding hydrogens is 382 g/mol. The fraction of sp³-hybridized carbons (Fsp3) is 0.364. The van der Waals surface area contributed by atoms with E-state index in [1.165, 1.54) is 0 Å². The van der Waals surface area contributed by atoms with Crippen LogP contribution in [0.3, 0.4) is 0 Å². The second-order valence-corrected chi connectivity index (χ2v) is 7.77. The molecule has 3 aromatic rings. The Labute approximate surface area is 174 Å². The molecule has 4 heterocycles. The number of aryl methyl sites for hydroxylation is 2. The Bertz CT molecular complexity index is 1130. The third-order valence-corrected chi connectivity index (χ3v) is 5.72. The number of rotatable bonds is 3. The molecule has 8 nitrogen and oxygen atoms in total. The summed E-state index contributed by atoms with van der Waals surface area (Å²) in [5, 5.41) is 3.02. The third-order valence-electron chi connectivity index (χ3n) is 5.72. The van der Waals surface area contributed by atoms with Crippen LogP contribution in [0.25, 0.3) is 11.2 Å². The third kappa shape index (κ3) is 3.49. The number of carbonyl (C=O) groups is 1. The van der Waals surface area contributed by atoms with Gasteiger partial charge in [0.25, 0.3) is 0 Å². The van der Waals surface area contributed by atoms with Crippen molar-refractivity contribution in [3.63, 3.8) is 0 Å². The van der Waals surface area contributed by atoms with Crippen LogP contribution in [-0.2, 0) is 4.79 Å². The van der Waals surface area contributed by atoms with Crippen LogP contribution in [0.5, 0.6) is 11.5 Å². The normalized spacial score (nSPS) is 17.9. The molecule has 1 amide bonds. The molecule has 1 atom stereocenters. The fourth-order valence-electron chi connectivity index (χ4n) is 3.92. The number of piperidine rings is 1. The van der Waals surface area contributed by atoms with E-state index < -0.39 is 0 Å². The van der Waals surface area contributed by atoms with E-state index in [1.54, 1.807) is 6.07 Å². The van der Waals surface area contributed by atoms with E-state index in [9.17, 15) is 4.79 Å². The van der Waals surface area contributed by atoms with E-state index in [4.69, 9.17) is 9.47 Å². The quantitative estimate of drug-likeness (QED) is 0.715. The lowest BCUT2D eigenvalue weighted by molar-refractivity contribution is -0.120. The molecule has 2 aromatic heterocycles. The molecule has 1 fully saturated rings. The summed E-state index contributed by atoms with van der Waals surface area (Å²) in [5.41, 5.74) is 4.91. The molecule has 1 N–H and O–H groups in total. The molecule has 1 saturated heterocycles. The number of benzene rings is 1. The van der Waals surface area contributed by atoms with Gasteiger partial charge in [-0.3, -0.25) is 4.79 Å². The summed E-state index contributed by atoms with van der Waals surface area (Å²) in [7, 11) is 0. The lowest BCUT2D eigenvalue weighted by atomic mass is 9.96. The summed E-state index contributed by atoms with van der Waals surface area (Å²) in [6, 6.07) is 7.47. The predicted octanol–water partition coefficient (Wildman–Crippen LogP) is 3.23. The zero-order chi connectivity index (χ0) is 20.7. The number of anilines is 2. The molecule has 2 aliphatic heterocycles. The Kier molecular flexibility index (Phi) is 4.61. The number of nitrogens with one attached hydrogen (secondary N) is 1. The van der Waals surface area contributed by atoms with Crippen molar-refractivity contribution in [2.24, 2.45) is 5.92 Å². The van der Waals surface area contributed by atoms with Gasteiger partial charge in [0, 0.05) is 24.8 Å². The number of amides is 1. The van der Waals surface area contributed by atoms with Gasteiger partial charge in [-0.05, 0) is 44.9 Å². The van der Waals surface area contributed by atoms with Crippen LogP contribution >= 0.6 is 0 Å². The smallest absolute Gasteiger partial charge is 0.231 e. The van der Waals surface area contributed by atoms with Gasteiger partial charge < -0.3 is 19.7 Å². The monoisotopic (exact) mass is 405 g/mol. The molecule has 1 unspecified atom stereocenters. The van der Waals surface area contributed by atoms with E-state index >= 15 is 0 Å². The van der Waals surface area contributed by atoms with Gasteiger partial charge in [-0.15, -0.1) is 0 Å². The molecule has 0 saturated carbocycles. The lowest BCUT2D eigenvalue weighted by Gasteiger charge is -2.33. The first kappa shape index (κ1) is 18.6. The Balaban J connectivity index is 1.31. The fourth-order valence-corrected chi connectivity index (χ4v) is 3.92. The van der Waals surface area contributed by atoms with Crippen molar-refractivity contribution < 1.29 is 14.3 Å². The number of carbonyl (C=O) groups excluding carboxylic acids is 1. The molecule has 1 aromatic carbocycles. The van der Waals surface area contributed by atoms with E-state index in [0.717, 1.165) is 47.7 Å². The molecular formula is C22H23N5O3. The summed E-state index contributed by atoms with van der Waals surface area (Å²) in [5.74, 6) is 1.27. The predicted molar refractivity (Wildman–Crippen MR) is 113 cm³/mol. The first-order chi connectivity index (χ1) is 14.6. The van der Waals surface area contributed by atoms with Crippen LogP contribution < -0.4 is 19.7 Å². The highest BCUT2D eigenvalue weighted by Gasteiger charge is 2.27. The second-order valence-electron chi connectivity index (χ2n) is 7.77. The topological polar surface area (TPSA) is 89.5 Å². The highest BCUT2D eigenvalue weighted by molar-refractivity contribution is 5.93. The Morgan fingerprint density at radius 3 is 2.87 bits per heavy atom. The molecule has 0 spiro atoms. The largest absolute Gasteiger partial charge is 0.454 e. The van der Waals surface area contributed by atoms with Crippen molar-refractivity contribution in [1.82, 2.24) is 15.0 Å². The number of hydrogen-bond acceptors (Lipinski definition) is 7. The Hall–Kier alpha value is -3.42. The lowest BCUT2D eigenvalue weighted by Crippen LogP contribution is -2.40. The summed E-state index contributed by atoms with van der Waals surface area (Å²) in [6.45, 7) is 5.63. The zero-order valence-electron chi connectivity index (χ0n) is 17.0. The van der Waals surface area contributed by atoms with Gasteiger partial charge in [0.1, 0.15) is 5.52 Å². The number of pyridine rings is 1. The Morgan fingerprint density at radius 2 is 1.97 bits per heavy atom. The summed E-state index contributed by atoms with van der Waals surface area (Å²) in [4.78, 5) is 28.7. The van der Waals surface area contributed by atoms with Gasteiger partial charge in [-0.2, -0.15) is 0 Å². The zero-order valence-corrected chi connectivity index (χ0v) is 17.0. The summed E-state index contributed by atoms with van der Waals surface area (Å²) in [6.07, 6.45) is 3.62. The number of nitrogens with zero attached hydrogens (tertiary/aromatic N) is 4. The highest BCUT2D eigenvalue weighted by atomic mass is 16.7. The minimum absolute atomic E-state index is 0.0126. The van der Waals surface area contributed by atoms with Crippen LogP contribution in [0.4, 0.5) is 11.4 Å². The van der Waals surface area contributed by atoms with Gasteiger partial charge in [0.15, 0.2) is 17.1 Å². The maximum Gasteiger partial charge on any atom is 0.231 e. The summed E-state index contributed by atoms with van der Waals surface area (Å²) >= 11 is 0. The van der Waals surface area contributed by atoms with Crippen molar-refractivity contribution in [3.8, 4) is 11.5 Å². The molecule has 2 aliphatic rings. The van der Waals surface area contributed by atoms with Crippen molar-refractivity contribution >= 4 is 28.4 Å². The van der Waals surface area contributed by atoms with E-state index in [0.29, 0.717) is 23.7 Å². The minimum atomic E-state index is -0.106. The van der Waals surface area contributed by atoms with Crippen LogP contribution in [0.2, 0.25) is 0 Å². The van der Waals surface area contributed by atoms with E-state index in [-0.39, 0.29) is 18.6 Å². The first-order valence-electron chi connectivity index (χ1n) is 10.1. The summed E-state index contributed by atoms with van der Waals surface area (Å²) < 4.78 is 10.7. The van der Waals surface area contributed by atoms with Gasteiger partial charge in [0.05, 0.1) is 29.2 Å². The number of hydrogen-bond donors (Lipinski definition) is 1. The number of fused-ring (bicyclic) bond motifs is 2. The molecule has 154 valence electrons. The van der Waals surface area contributed by atoms with Gasteiger partial charge >= 0.3 is 0 Å². The molecule has 30 heavy (non-hydrogen) atoms. The van der Waals surface area contributed by atoms with Gasteiger partial charge in [-0.25, -0.2) is 15.0 Å². The maximum atomic E-state index is 12.9. The standard InChI is InChI=1S/C22H23N5O3/c1-13-14(2)25-21-18(24-13)9-17(10-23-21)27-7-3-4-15(11-27)22(28)26-16-5-6-19-20(8-16)30-12-29-19/h5-6,8-10,15H,3-4,7,11-12H2,1-2H3,(H,26,28). The number of aromatic nitrogens is 3. The molecule has 8 heteroatoms. The van der Waals surface area contributed by atoms with Crippen molar-refractivity contribution in [3.05, 3.63) is 41.9 Å². The SMILES string of the molecule is Cc1nc2cc(N3CCCC(C(=O)Nc4ccc5c(c4)OCO5)C3)cnc2nc1C. The van der Waals surface area contributed by atoms with Crippen molar-refractivity contribution in [2.75, 3.05) is 30.1 Å². The van der Waals surface area contributed by atoms with Gasteiger partial charge in [0.2, 0.25) is 12.7 Å². The maximum absolute atomic E-state index is 12.9. The molecule has 0 radical (unpaired) electrons.